The summed E-state index contributed by atoms with van der Waals surface area (Å²) >= 11 is 0. The largest absolute Gasteiger partial charge is 0.481 e. The molecule has 0 radical (unpaired) electrons. The Morgan fingerprint density at radius 3 is 2.39 bits per heavy atom. The van der Waals surface area contributed by atoms with Gasteiger partial charge in [0.15, 0.2) is 6.04 Å². The standard InChI is InChI=1S/C9H9F5N2O2/c1-4-3-16(15-7(4)8(10)11)5(2-6(17)18)9(12,13)14/h3,5,8H,2H2,1H3,(H,17,18). The zero-order valence-corrected chi connectivity index (χ0v) is 9.08. The monoisotopic (exact) mass is 272 g/mol. The van der Waals surface area contributed by atoms with E-state index in [9.17, 15) is 26.7 Å². The van der Waals surface area contributed by atoms with Crippen LogP contribution in [0.25, 0.3) is 0 Å². The summed E-state index contributed by atoms with van der Waals surface area (Å²) < 4.78 is 62.8. The van der Waals surface area contributed by atoms with Gasteiger partial charge in [0.05, 0.1) is 6.42 Å². The van der Waals surface area contributed by atoms with Crippen molar-refractivity contribution in [2.45, 2.75) is 32.0 Å². The van der Waals surface area contributed by atoms with Gasteiger partial charge in [0, 0.05) is 6.20 Å². The zero-order valence-electron chi connectivity index (χ0n) is 9.08. The Hall–Kier alpha value is -1.67. The van der Waals surface area contributed by atoms with Crippen LogP contribution in [0.4, 0.5) is 22.0 Å². The molecule has 1 atom stereocenters. The highest BCUT2D eigenvalue weighted by molar-refractivity contribution is 5.67. The summed E-state index contributed by atoms with van der Waals surface area (Å²) in [7, 11) is 0. The number of carbonyl (C=O) groups is 1. The molecule has 102 valence electrons. The maximum absolute atomic E-state index is 12.6. The Kier molecular flexibility index (Phi) is 3.92. The quantitative estimate of drug-likeness (QED) is 0.857. The number of rotatable bonds is 4. The van der Waals surface area contributed by atoms with Gasteiger partial charge in [-0.2, -0.15) is 18.3 Å². The predicted octanol–water partition coefficient (Wildman–Crippen LogP) is 2.71. The van der Waals surface area contributed by atoms with Crippen LogP contribution in [0.15, 0.2) is 6.20 Å². The molecule has 1 rings (SSSR count). The summed E-state index contributed by atoms with van der Waals surface area (Å²) in [5.41, 5.74) is -0.903. The Morgan fingerprint density at radius 1 is 1.50 bits per heavy atom. The zero-order chi connectivity index (χ0) is 14.1. The van der Waals surface area contributed by atoms with Gasteiger partial charge in [0.1, 0.15) is 5.69 Å². The molecule has 1 N–H and O–H groups in total. The molecule has 0 fully saturated rings. The van der Waals surface area contributed by atoms with Crippen LogP contribution in [0.3, 0.4) is 0 Å². The maximum atomic E-state index is 12.6. The van der Waals surface area contributed by atoms with Gasteiger partial charge in [-0.05, 0) is 12.5 Å². The molecule has 0 saturated heterocycles. The number of hydrogen-bond donors (Lipinski definition) is 1. The van der Waals surface area contributed by atoms with Crippen molar-refractivity contribution >= 4 is 5.97 Å². The van der Waals surface area contributed by atoms with E-state index in [1.54, 1.807) is 0 Å². The fourth-order valence-corrected chi connectivity index (χ4v) is 1.40. The number of nitrogens with zero attached hydrogens (tertiary/aromatic N) is 2. The molecule has 1 unspecified atom stereocenters. The molecular formula is C9H9F5N2O2. The maximum Gasteiger partial charge on any atom is 0.411 e. The first-order valence-electron chi connectivity index (χ1n) is 4.75. The molecule has 4 nitrogen and oxygen atoms in total. The fourth-order valence-electron chi connectivity index (χ4n) is 1.40. The molecule has 1 heterocycles. The van der Waals surface area contributed by atoms with E-state index in [-0.39, 0.29) is 10.2 Å². The summed E-state index contributed by atoms with van der Waals surface area (Å²) in [4.78, 5) is 10.4. The van der Waals surface area contributed by atoms with E-state index in [0.717, 1.165) is 6.20 Å². The molecule has 0 aliphatic heterocycles. The Balaban J connectivity index is 3.14. The number of halogens is 5. The molecule has 1 aromatic rings. The molecule has 9 heteroatoms. The average molecular weight is 272 g/mol. The van der Waals surface area contributed by atoms with E-state index in [1.807, 2.05) is 0 Å². The number of carboxylic acid groups (broad SMARTS) is 1. The number of aromatic nitrogens is 2. The Bertz CT molecular complexity index is 441. The molecule has 1 aromatic heterocycles. The molecule has 0 amide bonds. The van der Waals surface area contributed by atoms with Gasteiger partial charge in [-0.3, -0.25) is 9.48 Å². The third kappa shape index (κ3) is 3.17. The van der Waals surface area contributed by atoms with Gasteiger partial charge in [-0.25, -0.2) is 8.78 Å². The van der Waals surface area contributed by atoms with Crippen LogP contribution in [0, 0.1) is 6.92 Å². The molecular weight excluding hydrogens is 263 g/mol. The number of alkyl halides is 5. The minimum Gasteiger partial charge on any atom is -0.481 e. The Labute approximate surface area is 98.0 Å². The molecule has 0 bridgehead atoms. The van der Waals surface area contributed by atoms with E-state index in [2.05, 4.69) is 5.10 Å². The number of aryl methyl sites for hydroxylation is 1. The number of hydrogen-bond acceptors (Lipinski definition) is 2. The van der Waals surface area contributed by atoms with Gasteiger partial charge in [0.25, 0.3) is 6.43 Å². The minimum absolute atomic E-state index is 0.121. The van der Waals surface area contributed by atoms with Crippen molar-refractivity contribution in [2.75, 3.05) is 0 Å². The van der Waals surface area contributed by atoms with E-state index in [4.69, 9.17) is 5.11 Å². The molecule has 0 spiro atoms. The van der Waals surface area contributed by atoms with Crippen molar-refractivity contribution in [3.63, 3.8) is 0 Å². The highest BCUT2D eigenvalue weighted by atomic mass is 19.4. The third-order valence-corrected chi connectivity index (χ3v) is 2.22. The second kappa shape index (κ2) is 4.91. The van der Waals surface area contributed by atoms with Crippen molar-refractivity contribution in [1.29, 1.82) is 0 Å². The van der Waals surface area contributed by atoms with Crippen molar-refractivity contribution in [1.82, 2.24) is 9.78 Å². The number of carboxylic acids is 1. The molecule has 0 saturated carbocycles. The van der Waals surface area contributed by atoms with Crippen LogP contribution in [-0.4, -0.2) is 27.0 Å². The first kappa shape index (κ1) is 14.4. The lowest BCUT2D eigenvalue weighted by Gasteiger charge is -2.18. The lowest BCUT2D eigenvalue weighted by Crippen LogP contribution is -2.29. The van der Waals surface area contributed by atoms with Crippen LogP contribution in [0.5, 0.6) is 0 Å². The molecule has 0 aliphatic rings. The van der Waals surface area contributed by atoms with Crippen LogP contribution < -0.4 is 0 Å². The van der Waals surface area contributed by atoms with Crippen molar-refractivity contribution in [2.24, 2.45) is 0 Å². The summed E-state index contributed by atoms with van der Waals surface area (Å²) in [6, 6.07) is -2.46. The normalized spacial score (nSPS) is 13.9. The van der Waals surface area contributed by atoms with Gasteiger partial charge in [-0.15, -0.1) is 0 Å². The summed E-state index contributed by atoms with van der Waals surface area (Å²) in [6.07, 6.45) is -8.39. The first-order chi connectivity index (χ1) is 8.12. The predicted molar refractivity (Wildman–Crippen MR) is 49.3 cm³/mol. The highest BCUT2D eigenvalue weighted by Crippen LogP contribution is 2.34. The topological polar surface area (TPSA) is 55.1 Å². The van der Waals surface area contributed by atoms with E-state index in [0.29, 0.717) is 0 Å². The molecule has 0 aromatic carbocycles. The fraction of sp³-hybridized carbons (Fsp3) is 0.556. The number of aliphatic carboxylic acids is 1. The first-order valence-corrected chi connectivity index (χ1v) is 4.75. The van der Waals surface area contributed by atoms with Crippen LogP contribution in [0.1, 0.15) is 30.1 Å². The lowest BCUT2D eigenvalue weighted by atomic mass is 10.2. The van der Waals surface area contributed by atoms with Crippen molar-refractivity contribution in [3.8, 4) is 0 Å². The van der Waals surface area contributed by atoms with E-state index in [1.165, 1.54) is 6.92 Å². The molecule has 0 aliphatic carbocycles. The smallest absolute Gasteiger partial charge is 0.411 e. The van der Waals surface area contributed by atoms with E-state index < -0.39 is 36.7 Å². The second-order valence-electron chi connectivity index (χ2n) is 3.63. The van der Waals surface area contributed by atoms with Crippen LogP contribution in [-0.2, 0) is 4.79 Å². The summed E-state index contributed by atoms with van der Waals surface area (Å²) in [5.74, 6) is -1.69. The van der Waals surface area contributed by atoms with Crippen molar-refractivity contribution < 1.29 is 31.9 Å². The average Bonchev–Trinajstić information content (AvgIpc) is 2.54. The van der Waals surface area contributed by atoms with Gasteiger partial charge in [-0.1, -0.05) is 0 Å². The Morgan fingerprint density at radius 2 is 2.06 bits per heavy atom. The molecule has 18 heavy (non-hydrogen) atoms. The minimum atomic E-state index is -4.88. The summed E-state index contributed by atoms with van der Waals surface area (Å²) in [5, 5.41) is 11.5. The van der Waals surface area contributed by atoms with Gasteiger partial charge in [0.2, 0.25) is 0 Å². The van der Waals surface area contributed by atoms with Crippen molar-refractivity contribution in [3.05, 3.63) is 17.5 Å². The third-order valence-electron chi connectivity index (χ3n) is 2.22. The second-order valence-corrected chi connectivity index (χ2v) is 3.63. The SMILES string of the molecule is Cc1cn(C(CC(=O)O)C(F)(F)F)nc1C(F)F. The highest BCUT2D eigenvalue weighted by Gasteiger charge is 2.43. The van der Waals surface area contributed by atoms with Crippen LogP contribution in [0.2, 0.25) is 0 Å². The van der Waals surface area contributed by atoms with E-state index >= 15 is 0 Å². The van der Waals surface area contributed by atoms with Gasteiger partial charge < -0.3 is 5.11 Å². The lowest BCUT2D eigenvalue weighted by molar-refractivity contribution is -0.179. The van der Waals surface area contributed by atoms with Crippen LogP contribution >= 0.6 is 0 Å². The van der Waals surface area contributed by atoms with Gasteiger partial charge >= 0.3 is 12.1 Å². The summed E-state index contributed by atoms with van der Waals surface area (Å²) in [6.45, 7) is 1.18.